The predicted octanol–water partition coefficient (Wildman–Crippen LogP) is 1.33. The van der Waals surface area contributed by atoms with Gasteiger partial charge in [-0.3, -0.25) is 9.59 Å². The predicted molar refractivity (Wildman–Crippen MR) is 125 cm³/mol. The first-order chi connectivity index (χ1) is 15.8. The zero-order valence-corrected chi connectivity index (χ0v) is 18.6. The molecule has 1 aliphatic carbocycles. The van der Waals surface area contributed by atoms with Crippen molar-refractivity contribution in [2.75, 3.05) is 26.0 Å². The Morgan fingerprint density at radius 3 is 2.85 bits per heavy atom. The first-order valence-corrected chi connectivity index (χ1v) is 10.7. The quantitative estimate of drug-likeness (QED) is 0.352. The summed E-state index contributed by atoms with van der Waals surface area (Å²) < 4.78 is 1.62. The Hall–Kier alpha value is -3.74. The van der Waals surface area contributed by atoms with Gasteiger partial charge < -0.3 is 21.1 Å². The maximum absolute atomic E-state index is 12.1. The van der Waals surface area contributed by atoms with Crippen molar-refractivity contribution in [3.63, 3.8) is 0 Å². The van der Waals surface area contributed by atoms with E-state index < -0.39 is 11.5 Å². The lowest BCUT2D eigenvalue weighted by Crippen LogP contribution is -2.33. The fourth-order valence-electron chi connectivity index (χ4n) is 3.41. The molecule has 1 saturated carbocycles. The van der Waals surface area contributed by atoms with E-state index >= 15 is 0 Å². The van der Waals surface area contributed by atoms with Crippen molar-refractivity contribution in [2.24, 2.45) is 5.73 Å². The zero-order valence-electron chi connectivity index (χ0n) is 18.6. The van der Waals surface area contributed by atoms with E-state index in [1.54, 1.807) is 35.1 Å². The number of carbonyl (C=O) groups excluding carboxylic acids is 2. The lowest BCUT2D eigenvalue weighted by molar-refractivity contribution is -0.119. The molecule has 4 rings (SSSR count). The topological polar surface area (TPSA) is 126 Å². The van der Waals surface area contributed by atoms with Gasteiger partial charge in [-0.05, 0) is 51.2 Å². The third-order valence-corrected chi connectivity index (χ3v) is 5.39. The number of amides is 1. The van der Waals surface area contributed by atoms with Crippen LogP contribution < -0.4 is 11.1 Å². The van der Waals surface area contributed by atoms with Gasteiger partial charge in [-0.15, -0.1) is 0 Å². The maximum atomic E-state index is 12.1. The smallest absolute Gasteiger partial charge is 0.270 e. The van der Waals surface area contributed by atoms with Crippen LogP contribution >= 0.6 is 0 Å². The fourth-order valence-corrected chi connectivity index (χ4v) is 3.41. The lowest BCUT2D eigenvalue weighted by Gasteiger charge is -2.17. The Kier molecular flexibility index (Phi) is 6.14. The number of nitrogens with one attached hydrogen (secondary N) is 1. The minimum atomic E-state index is -1.73. The summed E-state index contributed by atoms with van der Waals surface area (Å²) in [5, 5.41) is 18.9. The largest absolute Gasteiger partial charge is 0.371 e. The average Bonchev–Trinajstić information content (AvgIpc) is 3.53. The Bertz CT molecular complexity index is 1270. The van der Waals surface area contributed by atoms with Crippen LogP contribution in [0.15, 0.2) is 36.5 Å². The lowest BCUT2D eigenvalue weighted by atomic mass is 10.0. The van der Waals surface area contributed by atoms with Crippen molar-refractivity contribution in [3.05, 3.63) is 47.8 Å². The molecule has 4 N–H and O–H groups in total. The Labute approximate surface area is 191 Å². The molecule has 1 amide bonds. The third kappa shape index (κ3) is 5.03. The number of pyridine rings is 1. The van der Waals surface area contributed by atoms with E-state index in [2.05, 4.69) is 27.2 Å². The van der Waals surface area contributed by atoms with Gasteiger partial charge in [-0.25, -0.2) is 9.67 Å². The van der Waals surface area contributed by atoms with Gasteiger partial charge in [-0.2, -0.15) is 5.10 Å². The number of anilines is 1. The number of hydrogen-bond acceptors (Lipinski definition) is 7. The van der Waals surface area contributed by atoms with Crippen molar-refractivity contribution in [3.8, 4) is 17.5 Å². The highest BCUT2D eigenvalue weighted by Crippen LogP contribution is 2.31. The normalized spacial score (nSPS) is 15.0. The fraction of sp³-hybridized carbons (Fsp3) is 0.333. The van der Waals surface area contributed by atoms with Crippen LogP contribution in [0.25, 0.3) is 16.6 Å². The number of fused-ring (bicyclic) bond motifs is 1. The van der Waals surface area contributed by atoms with E-state index in [1.807, 2.05) is 25.1 Å². The molecule has 0 bridgehead atoms. The van der Waals surface area contributed by atoms with Crippen LogP contribution in [0.1, 0.15) is 35.3 Å². The minimum Gasteiger partial charge on any atom is -0.371 e. The van der Waals surface area contributed by atoms with Gasteiger partial charge in [0.2, 0.25) is 0 Å². The molecule has 1 aliphatic rings. The number of rotatable bonds is 8. The van der Waals surface area contributed by atoms with E-state index in [-0.39, 0.29) is 12.1 Å². The summed E-state index contributed by atoms with van der Waals surface area (Å²) in [5.74, 6) is 5.51. The van der Waals surface area contributed by atoms with Gasteiger partial charge in [0.05, 0.1) is 16.6 Å². The van der Waals surface area contributed by atoms with Crippen molar-refractivity contribution < 1.29 is 14.7 Å². The summed E-state index contributed by atoms with van der Waals surface area (Å²) in [6.45, 7) is 0.518. The van der Waals surface area contributed by atoms with Crippen LogP contribution in [0.2, 0.25) is 0 Å². The van der Waals surface area contributed by atoms with Crippen molar-refractivity contribution in [1.82, 2.24) is 19.7 Å². The minimum absolute atomic E-state index is 0.136. The molecule has 1 aromatic carbocycles. The molecule has 0 spiro atoms. The summed E-state index contributed by atoms with van der Waals surface area (Å²) in [6, 6.07) is 9.29. The molecule has 0 aliphatic heterocycles. The maximum Gasteiger partial charge on any atom is 0.270 e. The second-order valence-corrected chi connectivity index (χ2v) is 8.49. The summed E-state index contributed by atoms with van der Waals surface area (Å²) in [5.41, 5.74) is 5.96. The molecule has 0 radical (unpaired) electrons. The number of hydrogen-bond donors (Lipinski definition) is 3. The van der Waals surface area contributed by atoms with Gasteiger partial charge in [0, 0.05) is 30.8 Å². The van der Waals surface area contributed by atoms with Crippen molar-refractivity contribution >= 4 is 28.9 Å². The highest BCUT2D eigenvalue weighted by atomic mass is 16.3. The van der Waals surface area contributed by atoms with Crippen LogP contribution in [0.4, 0.5) is 5.82 Å². The van der Waals surface area contributed by atoms with Gasteiger partial charge in [0.25, 0.3) is 5.91 Å². The standard InChI is InChI=1S/C24H26N6O3/c1-29(2)13-11-24(33,15-31)10-8-16-4-3-5-18(14-16)30-19-9-12-26-23(27-17-6-7-17)20(19)21(28-30)22(25)32/h3-5,9,12,14-15,17,33H,6-7,11,13H2,1-2H3,(H2,25,32)(H,26,27)/t24-/m0/s1. The molecule has 0 saturated heterocycles. The van der Waals surface area contributed by atoms with E-state index in [0.29, 0.717) is 46.8 Å². The first-order valence-electron chi connectivity index (χ1n) is 10.7. The Balaban J connectivity index is 1.73. The molecular weight excluding hydrogens is 420 g/mol. The Morgan fingerprint density at radius 1 is 1.39 bits per heavy atom. The number of aliphatic hydroxyl groups is 1. The number of primary amides is 1. The second-order valence-electron chi connectivity index (χ2n) is 8.49. The van der Waals surface area contributed by atoms with Crippen LogP contribution in [0.5, 0.6) is 0 Å². The SMILES string of the molecule is CN(C)CC[C@@](O)(C#Cc1cccc(-n2nc(C(N)=O)c3c(NC4CC4)nccc32)c1)C=O. The highest BCUT2D eigenvalue weighted by molar-refractivity contribution is 6.08. The van der Waals surface area contributed by atoms with E-state index in [0.717, 1.165) is 12.8 Å². The molecule has 2 heterocycles. The zero-order chi connectivity index (χ0) is 23.6. The van der Waals surface area contributed by atoms with Gasteiger partial charge in [-0.1, -0.05) is 17.9 Å². The molecule has 9 nitrogen and oxygen atoms in total. The molecule has 1 atom stereocenters. The van der Waals surface area contributed by atoms with Crippen LogP contribution in [0.3, 0.4) is 0 Å². The molecule has 3 aromatic rings. The average molecular weight is 447 g/mol. The summed E-state index contributed by atoms with van der Waals surface area (Å²) in [4.78, 5) is 29.8. The number of carbonyl (C=O) groups is 2. The van der Waals surface area contributed by atoms with Gasteiger partial charge >= 0.3 is 0 Å². The molecule has 0 unspecified atom stereocenters. The number of nitrogens with two attached hydrogens (primary N) is 1. The van der Waals surface area contributed by atoms with Gasteiger partial charge in [0.15, 0.2) is 17.6 Å². The molecule has 2 aromatic heterocycles. The monoisotopic (exact) mass is 446 g/mol. The van der Waals surface area contributed by atoms with Crippen LogP contribution in [0, 0.1) is 11.8 Å². The van der Waals surface area contributed by atoms with Crippen molar-refractivity contribution in [2.45, 2.75) is 30.9 Å². The number of aromatic nitrogens is 3. The molecule has 33 heavy (non-hydrogen) atoms. The molecular formula is C24H26N6O3. The summed E-state index contributed by atoms with van der Waals surface area (Å²) in [6.07, 6.45) is 4.44. The third-order valence-electron chi connectivity index (χ3n) is 5.39. The number of nitrogens with zero attached hydrogens (tertiary/aromatic N) is 4. The van der Waals surface area contributed by atoms with E-state index in [4.69, 9.17) is 5.73 Å². The van der Waals surface area contributed by atoms with Crippen LogP contribution in [-0.2, 0) is 4.79 Å². The molecule has 170 valence electrons. The Morgan fingerprint density at radius 2 is 2.18 bits per heavy atom. The van der Waals surface area contributed by atoms with Crippen LogP contribution in [-0.4, -0.2) is 69.2 Å². The van der Waals surface area contributed by atoms with Crippen molar-refractivity contribution in [1.29, 1.82) is 0 Å². The second kappa shape index (κ2) is 9.02. The number of aldehydes is 1. The van der Waals surface area contributed by atoms with E-state index in [1.165, 1.54) is 0 Å². The highest BCUT2D eigenvalue weighted by Gasteiger charge is 2.26. The summed E-state index contributed by atoms with van der Waals surface area (Å²) >= 11 is 0. The van der Waals surface area contributed by atoms with Gasteiger partial charge in [0.1, 0.15) is 5.82 Å². The first kappa shape index (κ1) is 22.5. The molecule has 9 heteroatoms. The van der Waals surface area contributed by atoms with E-state index in [9.17, 15) is 14.7 Å². The summed E-state index contributed by atoms with van der Waals surface area (Å²) in [7, 11) is 3.72. The number of benzene rings is 1. The molecule has 1 fully saturated rings.